The van der Waals surface area contributed by atoms with Gasteiger partial charge in [0.2, 0.25) is 5.91 Å². The van der Waals surface area contributed by atoms with Gasteiger partial charge in [-0.05, 0) is 38.5 Å². The highest BCUT2D eigenvalue weighted by Crippen LogP contribution is 2.30. The number of nitrogens with one attached hydrogen (secondary N) is 2. The first-order valence-electron chi connectivity index (χ1n) is 6.70. The number of carbonyl (C=O) groups is 1. The van der Waals surface area contributed by atoms with E-state index in [0.717, 1.165) is 17.7 Å². The van der Waals surface area contributed by atoms with Crippen molar-refractivity contribution in [3.8, 4) is 0 Å². The highest BCUT2D eigenvalue weighted by atomic mass is 19.4. The molecule has 0 saturated carbocycles. The van der Waals surface area contributed by atoms with Crippen molar-refractivity contribution in [3.63, 3.8) is 0 Å². The molecule has 1 amide bonds. The van der Waals surface area contributed by atoms with Crippen LogP contribution in [-0.4, -0.2) is 19.5 Å². The summed E-state index contributed by atoms with van der Waals surface area (Å²) in [6.45, 7) is 5.88. The summed E-state index contributed by atoms with van der Waals surface area (Å²) in [7, 11) is 1.57. The third-order valence-electron chi connectivity index (χ3n) is 3.43. The first kappa shape index (κ1) is 17.5. The zero-order chi connectivity index (χ0) is 16.3. The Labute approximate surface area is 122 Å². The maximum absolute atomic E-state index is 12.5. The van der Waals surface area contributed by atoms with Gasteiger partial charge in [0.05, 0.1) is 11.0 Å². The topological polar surface area (TPSA) is 41.1 Å². The normalized spacial score (nSPS) is 13.9. The van der Waals surface area contributed by atoms with Crippen molar-refractivity contribution in [2.24, 2.45) is 5.41 Å². The Morgan fingerprint density at radius 1 is 1.19 bits per heavy atom. The Bertz CT molecular complexity index is 481. The molecule has 0 aliphatic carbocycles. The molecule has 0 spiro atoms. The van der Waals surface area contributed by atoms with Crippen LogP contribution >= 0.6 is 0 Å². The molecule has 2 N–H and O–H groups in total. The minimum Gasteiger partial charge on any atom is -0.359 e. The minimum atomic E-state index is -4.32. The number of hydrogen-bond acceptors (Lipinski definition) is 2. The summed E-state index contributed by atoms with van der Waals surface area (Å²) in [4.78, 5) is 11.7. The molecule has 0 aromatic heterocycles. The molecule has 6 heteroatoms. The van der Waals surface area contributed by atoms with Crippen LogP contribution in [0.3, 0.4) is 0 Å². The molecule has 0 heterocycles. The molecule has 1 rings (SSSR count). The van der Waals surface area contributed by atoms with Crippen molar-refractivity contribution in [1.29, 1.82) is 0 Å². The molecular weight excluding hydrogens is 281 g/mol. The van der Waals surface area contributed by atoms with E-state index in [1.807, 2.05) is 6.92 Å². The second kappa shape index (κ2) is 6.47. The van der Waals surface area contributed by atoms with Crippen molar-refractivity contribution in [1.82, 2.24) is 10.6 Å². The van der Waals surface area contributed by atoms with Gasteiger partial charge < -0.3 is 10.6 Å². The summed E-state index contributed by atoms with van der Waals surface area (Å²) in [5, 5.41) is 5.76. The van der Waals surface area contributed by atoms with E-state index in [-0.39, 0.29) is 11.9 Å². The molecule has 1 atom stereocenters. The second-order valence-electron chi connectivity index (χ2n) is 5.69. The summed E-state index contributed by atoms with van der Waals surface area (Å²) in [5.41, 5.74) is -0.505. The molecule has 1 unspecified atom stereocenters. The lowest BCUT2D eigenvalue weighted by atomic mass is 9.91. The predicted octanol–water partition coefficient (Wildman–Crippen LogP) is 3.13. The van der Waals surface area contributed by atoms with Crippen molar-refractivity contribution >= 4 is 5.91 Å². The Morgan fingerprint density at radius 2 is 1.71 bits per heavy atom. The molecule has 1 aromatic carbocycles. The van der Waals surface area contributed by atoms with Crippen LogP contribution in [0.4, 0.5) is 13.2 Å². The zero-order valence-corrected chi connectivity index (χ0v) is 12.6. The van der Waals surface area contributed by atoms with Crippen LogP contribution in [0.5, 0.6) is 0 Å². The molecule has 3 nitrogen and oxygen atoms in total. The SMILES string of the molecule is CNC(=O)C(C)(C)CNC(C)c1ccc(C(F)(F)F)cc1. The monoisotopic (exact) mass is 302 g/mol. The van der Waals surface area contributed by atoms with Crippen LogP contribution in [0, 0.1) is 5.41 Å². The molecule has 0 bridgehead atoms. The number of alkyl halides is 3. The summed E-state index contributed by atoms with van der Waals surface area (Å²) >= 11 is 0. The maximum atomic E-state index is 12.5. The van der Waals surface area contributed by atoms with Gasteiger partial charge in [0.1, 0.15) is 0 Å². The molecule has 0 fully saturated rings. The van der Waals surface area contributed by atoms with Gasteiger partial charge in [0.15, 0.2) is 0 Å². The molecule has 1 aromatic rings. The third-order valence-corrected chi connectivity index (χ3v) is 3.43. The van der Waals surface area contributed by atoms with Gasteiger partial charge in [-0.3, -0.25) is 4.79 Å². The van der Waals surface area contributed by atoms with Crippen LogP contribution < -0.4 is 10.6 Å². The van der Waals surface area contributed by atoms with E-state index in [1.165, 1.54) is 12.1 Å². The van der Waals surface area contributed by atoms with Crippen molar-refractivity contribution in [2.45, 2.75) is 33.0 Å². The summed E-state index contributed by atoms with van der Waals surface area (Å²) in [5.74, 6) is -0.0883. The molecule has 21 heavy (non-hydrogen) atoms. The smallest absolute Gasteiger partial charge is 0.359 e. The molecule has 0 aliphatic heterocycles. The Balaban J connectivity index is 2.68. The fourth-order valence-corrected chi connectivity index (χ4v) is 1.91. The second-order valence-corrected chi connectivity index (χ2v) is 5.69. The number of halogens is 3. The fraction of sp³-hybridized carbons (Fsp3) is 0.533. The number of carbonyl (C=O) groups excluding carboxylic acids is 1. The molecular formula is C15H21F3N2O. The molecule has 0 aliphatic rings. The van der Waals surface area contributed by atoms with Crippen LogP contribution in [0.15, 0.2) is 24.3 Å². The lowest BCUT2D eigenvalue weighted by molar-refractivity contribution is -0.137. The standard InChI is InChI=1S/C15H21F3N2O/c1-10(20-9-14(2,3)13(21)19-4)11-5-7-12(8-6-11)15(16,17)18/h5-8,10,20H,9H2,1-4H3,(H,19,21). The zero-order valence-electron chi connectivity index (χ0n) is 12.6. The van der Waals surface area contributed by atoms with E-state index in [9.17, 15) is 18.0 Å². The van der Waals surface area contributed by atoms with E-state index in [0.29, 0.717) is 6.54 Å². The van der Waals surface area contributed by atoms with Gasteiger partial charge in [0.25, 0.3) is 0 Å². The molecule has 0 saturated heterocycles. The molecule has 118 valence electrons. The predicted molar refractivity (Wildman–Crippen MR) is 75.7 cm³/mol. The van der Waals surface area contributed by atoms with Gasteiger partial charge in [-0.25, -0.2) is 0 Å². The van der Waals surface area contributed by atoms with Crippen LogP contribution in [0.2, 0.25) is 0 Å². The highest BCUT2D eigenvalue weighted by Gasteiger charge is 2.30. The van der Waals surface area contributed by atoms with E-state index < -0.39 is 17.2 Å². The van der Waals surface area contributed by atoms with Gasteiger partial charge >= 0.3 is 6.18 Å². The van der Waals surface area contributed by atoms with Gasteiger partial charge in [-0.2, -0.15) is 13.2 Å². The Kier molecular flexibility index (Phi) is 5.39. The van der Waals surface area contributed by atoms with Crippen LogP contribution in [-0.2, 0) is 11.0 Å². The first-order valence-corrected chi connectivity index (χ1v) is 6.70. The summed E-state index contributed by atoms with van der Waals surface area (Å²) < 4.78 is 37.5. The van der Waals surface area contributed by atoms with Crippen LogP contribution in [0.25, 0.3) is 0 Å². The van der Waals surface area contributed by atoms with Crippen LogP contribution in [0.1, 0.15) is 37.9 Å². The Morgan fingerprint density at radius 3 is 2.14 bits per heavy atom. The van der Waals surface area contributed by atoms with E-state index >= 15 is 0 Å². The van der Waals surface area contributed by atoms with E-state index in [1.54, 1.807) is 20.9 Å². The first-order chi connectivity index (χ1) is 9.58. The minimum absolute atomic E-state index is 0.0883. The largest absolute Gasteiger partial charge is 0.416 e. The van der Waals surface area contributed by atoms with Crippen molar-refractivity contribution in [3.05, 3.63) is 35.4 Å². The number of hydrogen-bond donors (Lipinski definition) is 2. The number of benzene rings is 1. The van der Waals surface area contributed by atoms with Gasteiger partial charge in [-0.15, -0.1) is 0 Å². The third kappa shape index (κ3) is 4.74. The van der Waals surface area contributed by atoms with Crippen molar-refractivity contribution in [2.75, 3.05) is 13.6 Å². The summed E-state index contributed by atoms with van der Waals surface area (Å²) in [6, 6.07) is 4.89. The Hall–Kier alpha value is -1.56. The van der Waals surface area contributed by atoms with Crippen molar-refractivity contribution < 1.29 is 18.0 Å². The summed E-state index contributed by atoms with van der Waals surface area (Å²) in [6.07, 6.45) is -4.32. The van der Waals surface area contributed by atoms with E-state index in [2.05, 4.69) is 10.6 Å². The number of rotatable bonds is 5. The quantitative estimate of drug-likeness (QED) is 0.877. The lowest BCUT2D eigenvalue weighted by Gasteiger charge is -2.25. The molecule has 0 radical (unpaired) electrons. The van der Waals surface area contributed by atoms with Gasteiger partial charge in [0, 0.05) is 19.6 Å². The highest BCUT2D eigenvalue weighted by molar-refractivity contribution is 5.81. The van der Waals surface area contributed by atoms with E-state index in [4.69, 9.17) is 0 Å². The average molecular weight is 302 g/mol. The van der Waals surface area contributed by atoms with Gasteiger partial charge in [-0.1, -0.05) is 12.1 Å². The average Bonchev–Trinajstić information content (AvgIpc) is 2.43. The number of amides is 1. The lowest BCUT2D eigenvalue weighted by Crippen LogP contribution is -2.42. The fourth-order valence-electron chi connectivity index (χ4n) is 1.91. The maximum Gasteiger partial charge on any atom is 0.416 e.